The molecule has 0 radical (unpaired) electrons. The third-order valence-corrected chi connectivity index (χ3v) is 3.45. The van der Waals surface area contributed by atoms with Crippen LogP contribution in [0.5, 0.6) is 5.75 Å². The molecule has 0 spiro atoms. The molecule has 0 bridgehead atoms. The molecule has 0 heterocycles. The molecule has 0 aliphatic carbocycles. The molecule has 5 nitrogen and oxygen atoms in total. The number of carbonyl (C=O) groups is 2. The van der Waals surface area contributed by atoms with Crippen molar-refractivity contribution >= 4 is 39.4 Å². The van der Waals surface area contributed by atoms with Gasteiger partial charge >= 0.3 is 5.97 Å². The summed E-state index contributed by atoms with van der Waals surface area (Å²) in [4.78, 5) is 22.8. The third-order valence-electron chi connectivity index (χ3n) is 2.59. The number of hydrogen-bond acceptors (Lipinski definition) is 3. The fourth-order valence-electron chi connectivity index (χ4n) is 1.66. The zero-order chi connectivity index (χ0) is 16.0. The van der Waals surface area contributed by atoms with Gasteiger partial charge in [0.25, 0.3) is 5.91 Å². The number of aliphatic carboxylic acids is 1. The van der Waals surface area contributed by atoms with E-state index >= 15 is 0 Å². The van der Waals surface area contributed by atoms with Crippen LogP contribution in [0.4, 0.5) is 0 Å². The van der Waals surface area contributed by atoms with Crippen LogP contribution >= 0.6 is 27.5 Å². The molecule has 116 valence electrons. The molecule has 1 atom stereocenters. The molecule has 1 aromatic rings. The van der Waals surface area contributed by atoms with Crippen LogP contribution in [0, 0.1) is 5.92 Å². The van der Waals surface area contributed by atoms with Crippen molar-refractivity contribution in [1.29, 1.82) is 0 Å². The van der Waals surface area contributed by atoms with E-state index in [4.69, 9.17) is 21.4 Å². The molecule has 2 N–H and O–H groups in total. The molecular formula is C14H17BrClNO4. The highest BCUT2D eigenvalue weighted by molar-refractivity contribution is 9.10. The molecule has 1 aromatic carbocycles. The van der Waals surface area contributed by atoms with Gasteiger partial charge in [-0.2, -0.15) is 0 Å². The maximum atomic E-state index is 11.8. The fraction of sp³-hybridized carbons (Fsp3) is 0.429. The lowest BCUT2D eigenvalue weighted by Gasteiger charge is -2.16. The number of benzene rings is 1. The number of carboxylic acids is 1. The van der Waals surface area contributed by atoms with Crippen molar-refractivity contribution in [2.24, 2.45) is 5.92 Å². The second-order valence-electron chi connectivity index (χ2n) is 4.95. The molecule has 7 heteroatoms. The average Bonchev–Trinajstić information content (AvgIpc) is 2.36. The van der Waals surface area contributed by atoms with Crippen LogP contribution in [0.25, 0.3) is 0 Å². The number of nitrogens with one attached hydrogen (secondary N) is 1. The Morgan fingerprint density at radius 2 is 2.10 bits per heavy atom. The van der Waals surface area contributed by atoms with Crippen LogP contribution in [0.1, 0.15) is 20.3 Å². The first kappa shape index (κ1) is 17.8. The van der Waals surface area contributed by atoms with E-state index in [1.165, 1.54) is 0 Å². The average molecular weight is 379 g/mol. The third kappa shape index (κ3) is 6.35. The van der Waals surface area contributed by atoms with Crippen molar-refractivity contribution in [2.45, 2.75) is 26.3 Å². The van der Waals surface area contributed by atoms with Crippen molar-refractivity contribution in [3.63, 3.8) is 0 Å². The van der Waals surface area contributed by atoms with Gasteiger partial charge in [-0.05, 0) is 46.5 Å². The lowest BCUT2D eigenvalue weighted by Crippen LogP contribution is -2.43. The highest BCUT2D eigenvalue weighted by Gasteiger charge is 2.21. The zero-order valence-corrected chi connectivity index (χ0v) is 14.1. The largest absolute Gasteiger partial charge is 0.483 e. The lowest BCUT2D eigenvalue weighted by atomic mass is 10.0. The molecular weight excluding hydrogens is 362 g/mol. The van der Waals surface area contributed by atoms with Crippen molar-refractivity contribution < 1.29 is 19.4 Å². The highest BCUT2D eigenvalue weighted by Crippen LogP contribution is 2.27. The Kier molecular flexibility index (Phi) is 6.98. The van der Waals surface area contributed by atoms with Crippen LogP contribution < -0.4 is 10.1 Å². The second-order valence-corrected chi connectivity index (χ2v) is 6.24. The van der Waals surface area contributed by atoms with Gasteiger partial charge < -0.3 is 15.2 Å². The SMILES string of the molecule is CC(C)C[C@@H](NC(=O)COc1ccc(Cl)cc1Br)C(=O)O. The summed E-state index contributed by atoms with van der Waals surface area (Å²) >= 11 is 9.07. The number of rotatable bonds is 7. The molecule has 21 heavy (non-hydrogen) atoms. The van der Waals surface area contributed by atoms with E-state index < -0.39 is 17.9 Å². The molecule has 0 aromatic heterocycles. The Morgan fingerprint density at radius 1 is 1.43 bits per heavy atom. The lowest BCUT2D eigenvalue weighted by molar-refractivity contribution is -0.142. The molecule has 1 rings (SSSR count). The minimum absolute atomic E-state index is 0.165. The number of ether oxygens (including phenoxy) is 1. The monoisotopic (exact) mass is 377 g/mol. The van der Waals surface area contributed by atoms with Crippen LogP contribution in [-0.2, 0) is 9.59 Å². The standard InChI is InChI=1S/C14H17BrClNO4/c1-8(2)5-11(14(19)20)17-13(18)7-21-12-4-3-9(16)6-10(12)15/h3-4,6,8,11H,5,7H2,1-2H3,(H,17,18)(H,19,20)/t11-/m1/s1. The van der Waals surface area contributed by atoms with Gasteiger partial charge in [-0.1, -0.05) is 25.4 Å². The van der Waals surface area contributed by atoms with E-state index in [1.54, 1.807) is 18.2 Å². The first-order chi connectivity index (χ1) is 9.79. The minimum atomic E-state index is -1.05. The summed E-state index contributed by atoms with van der Waals surface area (Å²) in [5, 5.41) is 12.0. The van der Waals surface area contributed by atoms with Crippen LogP contribution in [0.15, 0.2) is 22.7 Å². The van der Waals surface area contributed by atoms with Crippen molar-refractivity contribution in [3.05, 3.63) is 27.7 Å². The van der Waals surface area contributed by atoms with E-state index in [9.17, 15) is 9.59 Å². The van der Waals surface area contributed by atoms with Crippen LogP contribution in [0.3, 0.4) is 0 Å². The molecule has 0 aliphatic rings. The predicted molar refractivity (Wildman–Crippen MR) is 83.7 cm³/mol. The van der Waals surface area contributed by atoms with E-state index in [-0.39, 0.29) is 12.5 Å². The first-order valence-electron chi connectivity index (χ1n) is 6.39. The predicted octanol–water partition coefficient (Wildman–Crippen LogP) is 3.10. The number of amides is 1. The fourth-order valence-corrected chi connectivity index (χ4v) is 2.46. The van der Waals surface area contributed by atoms with Crippen molar-refractivity contribution in [3.8, 4) is 5.75 Å². The molecule has 0 saturated carbocycles. The van der Waals surface area contributed by atoms with Gasteiger partial charge in [0.1, 0.15) is 11.8 Å². The Bertz CT molecular complexity index is 522. The quantitative estimate of drug-likeness (QED) is 0.764. The summed E-state index contributed by atoms with van der Waals surface area (Å²) in [5.41, 5.74) is 0. The van der Waals surface area contributed by atoms with Gasteiger partial charge in [-0.3, -0.25) is 4.79 Å². The molecule has 0 unspecified atom stereocenters. The zero-order valence-electron chi connectivity index (χ0n) is 11.7. The normalized spacial score (nSPS) is 12.0. The van der Waals surface area contributed by atoms with Gasteiger partial charge in [0.15, 0.2) is 6.61 Å². The number of hydrogen-bond donors (Lipinski definition) is 2. The Hall–Kier alpha value is -1.27. The Labute approximate surface area is 136 Å². The van der Waals surface area contributed by atoms with Gasteiger partial charge in [0.2, 0.25) is 0 Å². The summed E-state index contributed by atoms with van der Waals surface area (Å²) in [6, 6.07) is 4.00. The maximum Gasteiger partial charge on any atom is 0.326 e. The van der Waals surface area contributed by atoms with Crippen molar-refractivity contribution in [2.75, 3.05) is 6.61 Å². The van der Waals surface area contributed by atoms with E-state index in [0.717, 1.165) is 0 Å². The summed E-state index contributed by atoms with van der Waals surface area (Å²) in [7, 11) is 0. The Balaban J connectivity index is 2.54. The molecule has 0 fully saturated rings. The van der Waals surface area contributed by atoms with Gasteiger partial charge in [0.05, 0.1) is 4.47 Å². The number of halogens is 2. The minimum Gasteiger partial charge on any atom is -0.483 e. The number of carboxylic acid groups (broad SMARTS) is 1. The van der Waals surface area contributed by atoms with Crippen LogP contribution in [-0.4, -0.2) is 29.6 Å². The van der Waals surface area contributed by atoms with E-state index in [2.05, 4.69) is 21.2 Å². The maximum absolute atomic E-state index is 11.8. The molecule has 0 aliphatic heterocycles. The first-order valence-corrected chi connectivity index (χ1v) is 7.56. The van der Waals surface area contributed by atoms with E-state index in [1.807, 2.05) is 13.8 Å². The summed E-state index contributed by atoms with van der Waals surface area (Å²) in [5.74, 6) is -0.905. The van der Waals surface area contributed by atoms with Crippen LogP contribution in [0.2, 0.25) is 5.02 Å². The Morgan fingerprint density at radius 3 is 2.62 bits per heavy atom. The van der Waals surface area contributed by atoms with E-state index in [0.29, 0.717) is 21.7 Å². The van der Waals surface area contributed by atoms with Crippen molar-refractivity contribution in [1.82, 2.24) is 5.32 Å². The van der Waals surface area contributed by atoms with Gasteiger partial charge in [-0.15, -0.1) is 0 Å². The highest BCUT2D eigenvalue weighted by atomic mass is 79.9. The molecule has 1 amide bonds. The summed E-state index contributed by atoms with van der Waals surface area (Å²) < 4.78 is 5.95. The van der Waals surface area contributed by atoms with Gasteiger partial charge in [0, 0.05) is 5.02 Å². The summed E-state index contributed by atoms with van der Waals surface area (Å²) in [6.45, 7) is 3.52. The topological polar surface area (TPSA) is 75.6 Å². The molecule has 0 saturated heterocycles. The summed E-state index contributed by atoms with van der Waals surface area (Å²) in [6.07, 6.45) is 0.367. The van der Waals surface area contributed by atoms with Gasteiger partial charge in [-0.25, -0.2) is 4.79 Å². The second kappa shape index (κ2) is 8.24. The number of carbonyl (C=O) groups excluding carboxylic acids is 1. The smallest absolute Gasteiger partial charge is 0.326 e.